The largest absolute Gasteiger partial charge is 0.391 e. The molecule has 0 spiro atoms. The number of nitrogens with zero attached hydrogens (tertiary/aromatic N) is 1. The molecule has 0 aromatic heterocycles. The molecule has 3 atom stereocenters. The van der Waals surface area contributed by atoms with Crippen LogP contribution in [0.2, 0.25) is 0 Å². The maximum atomic E-state index is 10.2. The summed E-state index contributed by atoms with van der Waals surface area (Å²) in [6.07, 6.45) is 7.21. The number of hydrogen-bond acceptors (Lipinski definition) is 2. The molecule has 100 valence electrons. The molecule has 2 fully saturated rings. The summed E-state index contributed by atoms with van der Waals surface area (Å²) in [7, 11) is 2.22. The molecule has 2 heteroatoms. The first-order chi connectivity index (χ1) is 7.95. The maximum absolute atomic E-state index is 10.2. The Morgan fingerprint density at radius 2 is 1.82 bits per heavy atom. The summed E-state index contributed by atoms with van der Waals surface area (Å²) in [5, 5.41) is 10.2. The van der Waals surface area contributed by atoms with Gasteiger partial charge in [-0.05, 0) is 50.5 Å². The van der Waals surface area contributed by atoms with E-state index < -0.39 is 0 Å². The van der Waals surface area contributed by atoms with E-state index in [4.69, 9.17) is 0 Å². The van der Waals surface area contributed by atoms with E-state index in [9.17, 15) is 5.11 Å². The van der Waals surface area contributed by atoms with Crippen LogP contribution in [0.3, 0.4) is 0 Å². The molecule has 0 radical (unpaired) electrons. The van der Waals surface area contributed by atoms with Crippen LogP contribution in [0.15, 0.2) is 0 Å². The Hall–Kier alpha value is -0.0800. The molecule has 0 heterocycles. The van der Waals surface area contributed by atoms with E-state index in [0.717, 1.165) is 18.4 Å². The van der Waals surface area contributed by atoms with Gasteiger partial charge in [-0.15, -0.1) is 0 Å². The van der Waals surface area contributed by atoms with Crippen LogP contribution in [0, 0.1) is 11.3 Å². The van der Waals surface area contributed by atoms with E-state index in [1.807, 2.05) is 0 Å². The van der Waals surface area contributed by atoms with E-state index >= 15 is 0 Å². The minimum absolute atomic E-state index is 0.0930. The van der Waals surface area contributed by atoms with Crippen molar-refractivity contribution in [2.24, 2.45) is 11.3 Å². The zero-order chi connectivity index (χ0) is 12.6. The predicted molar refractivity (Wildman–Crippen MR) is 72.0 cm³/mol. The highest BCUT2D eigenvalue weighted by atomic mass is 16.3. The van der Waals surface area contributed by atoms with Crippen molar-refractivity contribution in [3.05, 3.63) is 0 Å². The summed E-state index contributed by atoms with van der Waals surface area (Å²) in [5.41, 5.74) is 0.433. The van der Waals surface area contributed by atoms with Gasteiger partial charge in [-0.3, -0.25) is 4.90 Å². The summed E-state index contributed by atoms with van der Waals surface area (Å²) in [5.74, 6) is 0.780. The van der Waals surface area contributed by atoms with Crippen LogP contribution in [0.5, 0.6) is 0 Å². The van der Waals surface area contributed by atoms with Gasteiger partial charge in [0.05, 0.1) is 6.10 Å². The maximum Gasteiger partial charge on any atom is 0.0695 e. The topological polar surface area (TPSA) is 23.5 Å². The van der Waals surface area contributed by atoms with Gasteiger partial charge in [0.15, 0.2) is 0 Å². The van der Waals surface area contributed by atoms with Gasteiger partial charge in [-0.2, -0.15) is 0 Å². The zero-order valence-electron chi connectivity index (χ0n) is 11.9. The van der Waals surface area contributed by atoms with Crippen molar-refractivity contribution in [1.29, 1.82) is 0 Å². The van der Waals surface area contributed by atoms with Crippen LogP contribution in [0.1, 0.15) is 59.3 Å². The summed E-state index contributed by atoms with van der Waals surface area (Å²) in [4.78, 5) is 2.46. The van der Waals surface area contributed by atoms with Gasteiger partial charge < -0.3 is 5.11 Å². The summed E-state index contributed by atoms with van der Waals surface area (Å²) >= 11 is 0. The quantitative estimate of drug-likeness (QED) is 0.815. The zero-order valence-corrected chi connectivity index (χ0v) is 11.9. The van der Waals surface area contributed by atoms with Crippen LogP contribution < -0.4 is 0 Å². The Morgan fingerprint density at radius 1 is 1.18 bits per heavy atom. The normalized spacial score (nSPS) is 35.3. The Labute approximate surface area is 106 Å². The molecule has 17 heavy (non-hydrogen) atoms. The lowest BCUT2D eigenvalue weighted by molar-refractivity contribution is -0.0145. The van der Waals surface area contributed by atoms with E-state index in [1.54, 1.807) is 0 Å². The fraction of sp³-hybridized carbons (Fsp3) is 1.00. The van der Waals surface area contributed by atoms with Crippen LogP contribution in [-0.4, -0.2) is 35.2 Å². The second-order valence-electron chi connectivity index (χ2n) is 6.88. The van der Waals surface area contributed by atoms with Crippen LogP contribution in [0.25, 0.3) is 0 Å². The van der Waals surface area contributed by atoms with Gasteiger partial charge >= 0.3 is 0 Å². The van der Waals surface area contributed by atoms with Crippen molar-refractivity contribution >= 4 is 0 Å². The van der Waals surface area contributed by atoms with E-state index in [0.29, 0.717) is 11.5 Å². The minimum atomic E-state index is -0.0930. The third-order valence-electron chi connectivity index (χ3n) is 5.44. The SMILES string of the molecule is CCC(C)(C)C1CCC(O)C(N(C)C2CC2)C1. The summed E-state index contributed by atoms with van der Waals surface area (Å²) in [6.45, 7) is 7.08. The number of aliphatic hydroxyl groups is 1. The van der Waals surface area contributed by atoms with E-state index in [2.05, 4.69) is 32.7 Å². The van der Waals surface area contributed by atoms with Crippen molar-refractivity contribution < 1.29 is 5.11 Å². The van der Waals surface area contributed by atoms with Gasteiger partial charge in [0, 0.05) is 12.1 Å². The lowest BCUT2D eigenvalue weighted by Crippen LogP contribution is -2.48. The first-order valence-electron chi connectivity index (χ1n) is 7.35. The molecule has 0 aromatic rings. The lowest BCUT2D eigenvalue weighted by Gasteiger charge is -2.44. The van der Waals surface area contributed by atoms with Crippen molar-refractivity contribution in [1.82, 2.24) is 4.90 Å². The predicted octanol–water partition coefficient (Wildman–Crippen LogP) is 3.05. The number of hydrogen-bond donors (Lipinski definition) is 1. The highest BCUT2D eigenvalue weighted by molar-refractivity contribution is 4.95. The van der Waals surface area contributed by atoms with Crippen molar-refractivity contribution in [2.75, 3.05) is 7.05 Å². The molecular formula is C15H29NO. The van der Waals surface area contributed by atoms with Crippen LogP contribution >= 0.6 is 0 Å². The molecule has 3 unspecified atom stereocenters. The molecule has 0 aliphatic heterocycles. The monoisotopic (exact) mass is 239 g/mol. The molecule has 2 aliphatic carbocycles. The van der Waals surface area contributed by atoms with Crippen molar-refractivity contribution in [3.63, 3.8) is 0 Å². The third-order valence-corrected chi connectivity index (χ3v) is 5.44. The smallest absolute Gasteiger partial charge is 0.0695 e. The molecule has 0 bridgehead atoms. The molecule has 2 rings (SSSR count). The summed E-state index contributed by atoms with van der Waals surface area (Å²) < 4.78 is 0. The third kappa shape index (κ3) is 2.85. The van der Waals surface area contributed by atoms with Crippen molar-refractivity contribution in [3.8, 4) is 0 Å². The highest BCUT2D eigenvalue weighted by Gasteiger charge is 2.41. The van der Waals surface area contributed by atoms with Gasteiger partial charge in [-0.25, -0.2) is 0 Å². The fourth-order valence-electron chi connectivity index (χ4n) is 3.32. The fourth-order valence-corrected chi connectivity index (χ4v) is 3.32. The van der Waals surface area contributed by atoms with E-state index in [-0.39, 0.29) is 6.10 Å². The molecule has 2 aliphatic rings. The molecule has 2 saturated carbocycles. The Bertz CT molecular complexity index is 260. The Kier molecular flexibility index (Phi) is 3.84. The number of aliphatic hydroxyl groups excluding tert-OH is 1. The number of likely N-dealkylation sites (N-methyl/N-ethyl adjacent to an activating group) is 1. The second kappa shape index (κ2) is 4.89. The molecule has 2 nitrogen and oxygen atoms in total. The first kappa shape index (κ1) is 13.4. The summed E-state index contributed by atoms with van der Waals surface area (Å²) in [6, 6.07) is 1.17. The number of rotatable bonds is 4. The van der Waals surface area contributed by atoms with Gasteiger partial charge in [0.25, 0.3) is 0 Å². The average molecular weight is 239 g/mol. The van der Waals surface area contributed by atoms with Gasteiger partial charge in [0.2, 0.25) is 0 Å². The highest BCUT2D eigenvalue weighted by Crippen LogP contribution is 2.43. The molecule has 1 N–H and O–H groups in total. The van der Waals surface area contributed by atoms with Gasteiger partial charge in [0.1, 0.15) is 0 Å². The average Bonchev–Trinajstić information content (AvgIpc) is 3.12. The first-order valence-corrected chi connectivity index (χ1v) is 7.35. The Balaban J connectivity index is 2.00. The minimum Gasteiger partial charge on any atom is -0.391 e. The van der Waals surface area contributed by atoms with E-state index in [1.165, 1.54) is 32.1 Å². The van der Waals surface area contributed by atoms with Crippen molar-refractivity contribution in [2.45, 2.75) is 77.5 Å². The van der Waals surface area contributed by atoms with Crippen LogP contribution in [0.4, 0.5) is 0 Å². The molecule has 0 saturated heterocycles. The molecular weight excluding hydrogens is 210 g/mol. The van der Waals surface area contributed by atoms with Crippen LogP contribution in [-0.2, 0) is 0 Å². The Morgan fingerprint density at radius 3 is 2.35 bits per heavy atom. The van der Waals surface area contributed by atoms with Gasteiger partial charge in [-0.1, -0.05) is 27.2 Å². The second-order valence-corrected chi connectivity index (χ2v) is 6.88. The molecule has 0 amide bonds. The standard InChI is InChI=1S/C15H29NO/c1-5-15(2,3)11-6-9-14(17)13(10-11)16(4)12-7-8-12/h11-14,17H,5-10H2,1-4H3. The lowest BCUT2D eigenvalue weighted by atomic mass is 9.67. The molecule has 0 aromatic carbocycles.